The molecule has 0 fully saturated rings. The first kappa shape index (κ1) is 22.4. The van der Waals surface area contributed by atoms with E-state index in [1.165, 1.54) is 18.2 Å². The van der Waals surface area contributed by atoms with Crippen molar-refractivity contribution in [1.82, 2.24) is 0 Å². The molecule has 3 rings (SSSR count). The number of carbonyl (C=O) groups excluding carboxylic acids is 2. The molecule has 3 aromatic carbocycles. The number of hydrogen-bond donors (Lipinski definition) is 3. The number of nitrogens with one attached hydrogen (secondary N) is 1. The predicted molar refractivity (Wildman–Crippen MR) is 121 cm³/mol. The number of para-hydroxylation sites is 1. The van der Waals surface area contributed by atoms with Crippen molar-refractivity contribution >= 4 is 23.5 Å². The van der Waals surface area contributed by atoms with Gasteiger partial charge in [0.1, 0.15) is 11.5 Å². The van der Waals surface area contributed by atoms with Crippen LogP contribution < -0.4 is 14.8 Å². The van der Waals surface area contributed by atoms with Gasteiger partial charge in [-0.3, -0.25) is 9.59 Å². The molecule has 7 heteroatoms. The first-order valence-corrected chi connectivity index (χ1v) is 9.95. The molecular formula is C25H23NO6. The van der Waals surface area contributed by atoms with Crippen molar-refractivity contribution in [2.45, 2.75) is 6.92 Å². The topological polar surface area (TPSA) is 105 Å². The predicted octanol–water partition coefficient (Wildman–Crippen LogP) is 4.41. The maximum atomic E-state index is 12.3. The number of benzene rings is 3. The van der Waals surface area contributed by atoms with Gasteiger partial charge in [0, 0.05) is 11.8 Å². The van der Waals surface area contributed by atoms with Crippen LogP contribution in [0.2, 0.25) is 0 Å². The number of ketones is 1. The molecule has 0 saturated carbocycles. The fourth-order valence-corrected chi connectivity index (χ4v) is 2.87. The van der Waals surface area contributed by atoms with E-state index >= 15 is 0 Å². The fraction of sp³-hybridized carbons (Fsp3) is 0.120. The molecule has 0 aliphatic heterocycles. The van der Waals surface area contributed by atoms with E-state index in [1.807, 2.05) is 25.1 Å². The molecule has 0 atom stereocenters. The van der Waals surface area contributed by atoms with E-state index < -0.39 is 5.78 Å². The Hall–Kier alpha value is -4.26. The molecular weight excluding hydrogens is 410 g/mol. The van der Waals surface area contributed by atoms with Gasteiger partial charge in [-0.05, 0) is 55.0 Å². The van der Waals surface area contributed by atoms with Gasteiger partial charge in [-0.15, -0.1) is 0 Å². The largest absolute Gasteiger partial charge is 0.508 e. The molecule has 32 heavy (non-hydrogen) atoms. The van der Waals surface area contributed by atoms with Crippen molar-refractivity contribution in [2.75, 3.05) is 18.5 Å². The Morgan fingerprint density at radius 2 is 1.72 bits per heavy atom. The molecule has 3 aromatic rings. The van der Waals surface area contributed by atoms with Crippen LogP contribution in [0.1, 0.15) is 22.8 Å². The van der Waals surface area contributed by atoms with Crippen molar-refractivity contribution in [2.24, 2.45) is 0 Å². The third-order valence-electron chi connectivity index (χ3n) is 4.36. The second-order valence-electron chi connectivity index (χ2n) is 6.74. The van der Waals surface area contributed by atoms with Gasteiger partial charge in [-0.25, -0.2) is 0 Å². The number of anilines is 1. The quantitative estimate of drug-likeness (QED) is 0.341. The van der Waals surface area contributed by atoms with Crippen molar-refractivity contribution in [3.8, 4) is 23.0 Å². The Balaban J connectivity index is 1.67. The second-order valence-corrected chi connectivity index (χ2v) is 6.74. The smallest absolute Gasteiger partial charge is 0.262 e. The number of amides is 1. The molecule has 164 valence electrons. The lowest BCUT2D eigenvalue weighted by atomic mass is 10.1. The van der Waals surface area contributed by atoms with Crippen LogP contribution in [0.5, 0.6) is 23.0 Å². The third kappa shape index (κ3) is 6.12. The number of hydrogen-bond acceptors (Lipinski definition) is 6. The lowest BCUT2D eigenvalue weighted by Gasteiger charge is -2.13. The van der Waals surface area contributed by atoms with Crippen molar-refractivity contribution < 1.29 is 29.3 Å². The van der Waals surface area contributed by atoms with E-state index in [4.69, 9.17) is 9.47 Å². The summed E-state index contributed by atoms with van der Waals surface area (Å²) in [5.41, 5.74) is 1.42. The van der Waals surface area contributed by atoms with E-state index in [9.17, 15) is 19.8 Å². The van der Waals surface area contributed by atoms with Gasteiger partial charge in [0.15, 0.2) is 23.9 Å². The Labute approximate surface area is 185 Å². The minimum atomic E-state index is -0.418. The van der Waals surface area contributed by atoms with Crippen LogP contribution >= 0.6 is 0 Å². The number of aromatic hydroxyl groups is 2. The third-order valence-corrected chi connectivity index (χ3v) is 4.36. The molecule has 0 radical (unpaired) electrons. The zero-order valence-electron chi connectivity index (χ0n) is 17.4. The highest BCUT2D eigenvalue weighted by Gasteiger charge is 2.11. The number of phenols is 2. The van der Waals surface area contributed by atoms with Crippen molar-refractivity contribution in [3.05, 3.63) is 83.9 Å². The zero-order chi connectivity index (χ0) is 22.9. The van der Waals surface area contributed by atoms with Crippen LogP contribution in [0.25, 0.3) is 6.08 Å². The van der Waals surface area contributed by atoms with Gasteiger partial charge < -0.3 is 25.0 Å². The minimum Gasteiger partial charge on any atom is -0.508 e. The standard InChI is InChI=1S/C25H23NO6/c1-2-31-24-14-17(8-12-21(28)20-11-10-19(27)15-22(20)29)9-13-23(24)32-16-25(30)26-18-6-4-3-5-7-18/h3-15,27,29H,2,16H2,1H3,(H,26,30)/b12-8+. The molecule has 0 spiro atoms. The van der Waals surface area contributed by atoms with Crippen molar-refractivity contribution in [3.63, 3.8) is 0 Å². The molecule has 1 amide bonds. The summed E-state index contributed by atoms with van der Waals surface area (Å²) in [5.74, 6) is -0.318. The van der Waals surface area contributed by atoms with Crippen LogP contribution in [0.4, 0.5) is 5.69 Å². The van der Waals surface area contributed by atoms with Crippen molar-refractivity contribution in [1.29, 1.82) is 0 Å². The summed E-state index contributed by atoms with van der Waals surface area (Å²) < 4.78 is 11.2. The van der Waals surface area contributed by atoms with Gasteiger partial charge >= 0.3 is 0 Å². The van der Waals surface area contributed by atoms with Gasteiger partial charge in [0.05, 0.1) is 12.2 Å². The zero-order valence-corrected chi connectivity index (χ0v) is 17.4. The van der Waals surface area contributed by atoms with Crippen LogP contribution in [0.3, 0.4) is 0 Å². The highest BCUT2D eigenvalue weighted by atomic mass is 16.5. The normalized spacial score (nSPS) is 10.7. The summed E-state index contributed by atoms with van der Waals surface area (Å²) in [4.78, 5) is 24.4. The monoisotopic (exact) mass is 433 g/mol. The van der Waals surface area contributed by atoms with E-state index in [0.29, 0.717) is 29.4 Å². The number of allylic oxidation sites excluding steroid dienone is 1. The maximum Gasteiger partial charge on any atom is 0.262 e. The summed E-state index contributed by atoms with van der Waals surface area (Å²) in [6.07, 6.45) is 2.88. The molecule has 0 bridgehead atoms. The lowest BCUT2D eigenvalue weighted by molar-refractivity contribution is -0.118. The van der Waals surface area contributed by atoms with Gasteiger partial charge in [-0.1, -0.05) is 30.3 Å². The number of carbonyl (C=O) groups is 2. The molecule has 0 unspecified atom stereocenters. The molecule has 0 aromatic heterocycles. The summed E-state index contributed by atoms with van der Waals surface area (Å²) in [5, 5.41) is 21.9. The number of phenolic OH excluding ortho intramolecular Hbond substituents is 2. The Kier molecular flexibility index (Phi) is 7.48. The number of ether oxygens (including phenoxy) is 2. The summed E-state index contributed by atoms with van der Waals surface area (Å²) in [6, 6.07) is 17.9. The minimum absolute atomic E-state index is 0.0773. The SMILES string of the molecule is CCOc1cc(/C=C/C(=O)c2ccc(O)cc2O)ccc1OCC(=O)Nc1ccccc1. The molecule has 0 aliphatic rings. The number of rotatable bonds is 9. The van der Waals surface area contributed by atoms with Crippen LogP contribution in [-0.2, 0) is 4.79 Å². The second kappa shape index (κ2) is 10.7. The highest BCUT2D eigenvalue weighted by Crippen LogP contribution is 2.29. The summed E-state index contributed by atoms with van der Waals surface area (Å²) >= 11 is 0. The Morgan fingerprint density at radius 1 is 0.938 bits per heavy atom. The molecule has 0 aliphatic carbocycles. The summed E-state index contributed by atoms with van der Waals surface area (Å²) in [7, 11) is 0. The van der Waals surface area contributed by atoms with Gasteiger partial charge in [0.25, 0.3) is 5.91 Å². The fourth-order valence-electron chi connectivity index (χ4n) is 2.87. The average Bonchev–Trinajstić information content (AvgIpc) is 2.77. The summed E-state index contributed by atoms with van der Waals surface area (Å²) in [6.45, 7) is 2.02. The van der Waals surface area contributed by atoms with Gasteiger partial charge in [-0.2, -0.15) is 0 Å². The maximum absolute atomic E-state index is 12.3. The van der Waals surface area contributed by atoms with E-state index in [1.54, 1.807) is 36.4 Å². The highest BCUT2D eigenvalue weighted by molar-refractivity contribution is 6.08. The molecule has 3 N–H and O–H groups in total. The molecule has 7 nitrogen and oxygen atoms in total. The lowest BCUT2D eigenvalue weighted by Crippen LogP contribution is -2.20. The first-order chi connectivity index (χ1) is 15.5. The van der Waals surface area contributed by atoms with Gasteiger partial charge in [0.2, 0.25) is 0 Å². The molecule has 0 heterocycles. The van der Waals surface area contributed by atoms with E-state index in [-0.39, 0.29) is 29.6 Å². The molecule has 0 saturated heterocycles. The Bertz CT molecular complexity index is 1120. The van der Waals surface area contributed by atoms with Crippen LogP contribution in [0, 0.1) is 0 Å². The first-order valence-electron chi connectivity index (χ1n) is 9.95. The van der Waals surface area contributed by atoms with Crippen LogP contribution in [0.15, 0.2) is 72.8 Å². The van der Waals surface area contributed by atoms with E-state index in [0.717, 1.165) is 6.07 Å². The van der Waals surface area contributed by atoms with E-state index in [2.05, 4.69) is 5.32 Å². The average molecular weight is 433 g/mol. The van der Waals surface area contributed by atoms with Crippen LogP contribution in [-0.4, -0.2) is 35.1 Å². The Morgan fingerprint density at radius 3 is 2.44 bits per heavy atom.